The van der Waals surface area contributed by atoms with Crippen LogP contribution in [-0.4, -0.2) is 78.4 Å². The van der Waals surface area contributed by atoms with Crippen LogP contribution in [0.15, 0.2) is 24.3 Å². The third-order valence-electron chi connectivity index (χ3n) is 5.93. The van der Waals surface area contributed by atoms with Gasteiger partial charge < -0.3 is 10.2 Å². The van der Waals surface area contributed by atoms with Gasteiger partial charge in [-0.1, -0.05) is 30.5 Å². The van der Waals surface area contributed by atoms with Gasteiger partial charge in [0, 0.05) is 45.0 Å². The van der Waals surface area contributed by atoms with Crippen molar-refractivity contribution in [1.29, 1.82) is 0 Å². The van der Waals surface area contributed by atoms with E-state index in [1.165, 1.54) is 18.4 Å². The number of carbonyl (C=O) groups excluding carboxylic acids is 2. The van der Waals surface area contributed by atoms with Crippen LogP contribution < -0.4 is 5.32 Å². The third-order valence-corrected chi connectivity index (χ3v) is 5.93. The Morgan fingerprint density at radius 2 is 1.54 bits per heavy atom. The third kappa shape index (κ3) is 5.79. The second-order valence-electron chi connectivity index (χ2n) is 8.14. The Labute approximate surface area is 168 Å². The molecule has 2 saturated heterocycles. The highest BCUT2D eigenvalue weighted by atomic mass is 16.2. The Morgan fingerprint density at radius 1 is 0.929 bits per heavy atom. The highest BCUT2D eigenvalue weighted by molar-refractivity contribution is 5.92. The Morgan fingerprint density at radius 3 is 2.14 bits per heavy atom. The van der Waals surface area contributed by atoms with Crippen molar-refractivity contribution < 1.29 is 9.59 Å². The summed E-state index contributed by atoms with van der Waals surface area (Å²) in [4.78, 5) is 31.6. The van der Waals surface area contributed by atoms with E-state index in [4.69, 9.17) is 0 Å². The lowest BCUT2D eigenvalue weighted by Crippen LogP contribution is -2.55. The number of likely N-dealkylation sites (tertiary alicyclic amines) is 1. The number of nitrogens with one attached hydrogen (secondary N) is 1. The van der Waals surface area contributed by atoms with Crippen LogP contribution >= 0.6 is 0 Å². The second-order valence-corrected chi connectivity index (χ2v) is 8.14. The average molecular weight is 387 g/mol. The summed E-state index contributed by atoms with van der Waals surface area (Å²) in [5.41, 5.74) is 2.02. The van der Waals surface area contributed by atoms with Crippen LogP contribution in [-0.2, 0) is 9.59 Å². The first-order valence-corrected chi connectivity index (χ1v) is 10.6. The Balaban J connectivity index is 1.42. The molecule has 1 aromatic carbocycles. The normalized spacial score (nSPS) is 20.4. The minimum absolute atomic E-state index is 0.0194. The molecule has 0 aliphatic carbocycles. The maximum Gasteiger partial charge on any atom is 0.239 e. The zero-order valence-electron chi connectivity index (χ0n) is 17.3. The number of rotatable bonds is 5. The Hall–Kier alpha value is -1.92. The van der Waals surface area contributed by atoms with Crippen molar-refractivity contribution in [3.05, 3.63) is 29.8 Å². The summed E-state index contributed by atoms with van der Waals surface area (Å²) in [6.07, 6.45) is 4.73. The van der Waals surface area contributed by atoms with E-state index in [1.807, 2.05) is 38.1 Å². The monoisotopic (exact) mass is 386 g/mol. The van der Waals surface area contributed by atoms with Gasteiger partial charge in [-0.3, -0.25) is 19.4 Å². The number of piperazine rings is 1. The van der Waals surface area contributed by atoms with Crippen molar-refractivity contribution in [2.75, 3.05) is 51.1 Å². The number of anilines is 1. The van der Waals surface area contributed by atoms with Gasteiger partial charge in [-0.15, -0.1) is 0 Å². The first-order valence-electron chi connectivity index (χ1n) is 10.6. The van der Waals surface area contributed by atoms with Crippen molar-refractivity contribution >= 4 is 17.5 Å². The molecule has 2 amide bonds. The summed E-state index contributed by atoms with van der Waals surface area (Å²) in [6.45, 7) is 9.58. The summed E-state index contributed by atoms with van der Waals surface area (Å²) in [7, 11) is 0. The summed E-state index contributed by atoms with van der Waals surface area (Å²) in [5.74, 6) is 0.290. The zero-order chi connectivity index (χ0) is 19.9. The molecule has 0 unspecified atom stereocenters. The quantitative estimate of drug-likeness (QED) is 0.844. The van der Waals surface area contributed by atoms with Gasteiger partial charge in [-0.25, -0.2) is 0 Å². The maximum absolute atomic E-state index is 12.8. The molecule has 1 N–H and O–H groups in total. The standard InChI is InChI=1S/C22H34N4O2/c1-18-7-9-20(10-8-18)23-21(27)17-24-13-15-25(16-14-24)19(2)22(28)26-11-5-3-4-6-12-26/h7-10,19H,3-6,11-17H2,1-2H3,(H,23,27)/t19-/m0/s1. The van der Waals surface area contributed by atoms with Crippen LogP contribution in [0.5, 0.6) is 0 Å². The van der Waals surface area contributed by atoms with E-state index in [1.54, 1.807) is 0 Å². The van der Waals surface area contributed by atoms with Gasteiger partial charge in [0.05, 0.1) is 12.6 Å². The van der Waals surface area contributed by atoms with Crippen molar-refractivity contribution in [2.24, 2.45) is 0 Å². The minimum atomic E-state index is -0.0679. The molecule has 1 aromatic rings. The summed E-state index contributed by atoms with van der Waals surface area (Å²) in [5, 5.41) is 2.96. The van der Waals surface area contributed by atoms with Crippen LogP contribution in [0.2, 0.25) is 0 Å². The average Bonchev–Trinajstić information content (AvgIpc) is 2.99. The maximum atomic E-state index is 12.8. The summed E-state index contributed by atoms with van der Waals surface area (Å²) >= 11 is 0. The van der Waals surface area contributed by atoms with E-state index < -0.39 is 0 Å². The molecule has 2 aliphatic heterocycles. The molecular formula is C22H34N4O2. The fourth-order valence-corrected chi connectivity index (χ4v) is 4.06. The number of carbonyl (C=O) groups is 2. The molecule has 2 heterocycles. The topological polar surface area (TPSA) is 55.9 Å². The van der Waals surface area contributed by atoms with Crippen molar-refractivity contribution in [2.45, 2.75) is 45.6 Å². The van der Waals surface area contributed by atoms with Crippen LogP contribution in [0.1, 0.15) is 38.2 Å². The number of hydrogen-bond donors (Lipinski definition) is 1. The molecule has 28 heavy (non-hydrogen) atoms. The smallest absolute Gasteiger partial charge is 0.239 e. The predicted octanol–water partition coefficient (Wildman–Crippen LogP) is 2.34. The number of nitrogens with zero attached hydrogens (tertiary/aromatic N) is 3. The van der Waals surface area contributed by atoms with Gasteiger partial charge in [0.15, 0.2) is 0 Å². The molecule has 0 saturated carbocycles. The van der Waals surface area contributed by atoms with Gasteiger partial charge in [-0.05, 0) is 38.8 Å². The van der Waals surface area contributed by atoms with Gasteiger partial charge in [0.1, 0.15) is 0 Å². The molecular weight excluding hydrogens is 352 g/mol. The van der Waals surface area contributed by atoms with Crippen LogP contribution in [0.25, 0.3) is 0 Å². The molecule has 6 nitrogen and oxygen atoms in total. The van der Waals surface area contributed by atoms with Gasteiger partial charge >= 0.3 is 0 Å². The lowest BCUT2D eigenvalue weighted by molar-refractivity contribution is -0.137. The minimum Gasteiger partial charge on any atom is -0.341 e. The van der Waals surface area contributed by atoms with E-state index >= 15 is 0 Å². The lowest BCUT2D eigenvalue weighted by atomic mass is 10.2. The van der Waals surface area contributed by atoms with Crippen molar-refractivity contribution in [3.63, 3.8) is 0 Å². The molecule has 2 aliphatic rings. The number of amides is 2. The fraction of sp³-hybridized carbons (Fsp3) is 0.636. The van der Waals surface area contributed by atoms with E-state index in [2.05, 4.69) is 20.0 Å². The molecule has 154 valence electrons. The molecule has 2 fully saturated rings. The van der Waals surface area contributed by atoms with E-state index in [0.717, 1.165) is 57.8 Å². The summed E-state index contributed by atoms with van der Waals surface area (Å²) in [6, 6.07) is 7.79. The molecule has 3 rings (SSSR count). The molecule has 0 bridgehead atoms. The van der Waals surface area contributed by atoms with Crippen LogP contribution in [0, 0.1) is 6.92 Å². The van der Waals surface area contributed by atoms with Gasteiger partial charge in [-0.2, -0.15) is 0 Å². The predicted molar refractivity (Wildman–Crippen MR) is 112 cm³/mol. The fourth-order valence-electron chi connectivity index (χ4n) is 4.06. The summed E-state index contributed by atoms with van der Waals surface area (Å²) < 4.78 is 0. The lowest BCUT2D eigenvalue weighted by Gasteiger charge is -2.38. The number of benzene rings is 1. The number of hydrogen-bond acceptors (Lipinski definition) is 4. The first kappa shape index (κ1) is 20.8. The van der Waals surface area contributed by atoms with Crippen molar-refractivity contribution in [3.8, 4) is 0 Å². The van der Waals surface area contributed by atoms with Gasteiger partial charge in [0.2, 0.25) is 11.8 Å². The van der Waals surface area contributed by atoms with E-state index in [-0.39, 0.29) is 17.9 Å². The first-order chi connectivity index (χ1) is 13.5. The van der Waals surface area contributed by atoms with Crippen molar-refractivity contribution in [1.82, 2.24) is 14.7 Å². The highest BCUT2D eigenvalue weighted by Crippen LogP contribution is 2.14. The molecule has 0 spiro atoms. The Kier molecular flexibility index (Phi) is 7.45. The Bertz CT molecular complexity index is 645. The van der Waals surface area contributed by atoms with E-state index in [9.17, 15) is 9.59 Å². The van der Waals surface area contributed by atoms with E-state index in [0.29, 0.717) is 6.54 Å². The van der Waals surface area contributed by atoms with Crippen LogP contribution in [0.4, 0.5) is 5.69 Å². The number of aryl methyl sites for hydroxylation is 1. The zero-order valence-corrected chi connectivity index (χ0v) is 17.3. The SMILES string of the molecule is Cc1ccc(NC(=O)CN2CCN([C@@H](C)C(=O)N3CCCCCC3)CC2)cc1. The van der Waals surface area contributed by atoms with Gasteiger partial charge in [0.25, 0.3) is 0 Å². The van der Waals surface area contributed by atoms with Crippen LogP contribution in [0.3, 0.4) is 0 Å². The molecule has 1 atom stereocenters. The largest absolute Gasteiger partial charge is 0.341 e. The second kappa shape index (κ2) is 10.0. The molecule has 6 heteroatoms. The highest BCUT2D eigenvalue weighted by Gasteiger charge is 2.29. The molecule has 0 aromatic heterocycles. The molecule has 0 radical (unpaired) electrons.